The minimum absolute atomic E-state index is 0.0245. The summed E-state index contributed by atoms with van der Waals surface area (Å²) in [6, 6.07) is 8.55. The Hall–Kier alpha value is -1.13. The maximum atomic E-state index is 10.7. The lowest BCUT2D eigenvalue weighted by Crippen LogP contribution is -2.37. The Morgan fingerprint density at radius 2 is 2.00 bits per heavy atom. The zero-order valence-corrected chi connectivity index (χ0v) is 9.37. The van der Waals surface area contributed by atoms with Crippen molar-refractivity contribution in [3.05, 3.63) is 46.0 Å². The highest BCUT2D eigenvalue weighted by Crippen LogP contribution is 2.23. The molecule has 80 valence electrons. The van der Waals surface area contributed by atoms with Gasteiger partial charge in [0.05, 0.1) is 0 Å². The number of nitro groups is 1. The van der Waals surface area contributed by atoms with Gasteiger partial charge in [-0.3, -0.25) is 10.1 Å². The van der Waals surface area contributed by atoms with E-state index >= 15 is 0 Å². The van der Waals surface area contributed by atoms with Crippen molar-refractivity contribution in [1.29, 1.82) is 0 Å². The fraction of sp³-hybridized carbons (Fsp3) is 0.222. The molecule has 0 aliphatic rings. The van der Waals surface area contributed by atoms with Crippen LogP contribution in [0.1, 0.15) is 12.5 Å². The standard InChI is InChI=1S/C9H8Cl2N2O2/c1-9(10,13(14)15)8(12-11)7-5-3-2-4-6-7/h2-6H,1H3/t9-/m1/s1. The van der Waals surface area contributed by atoms with E-state index in [4.69, 9.17) is 23.4 Å². The van der Waals surface area contributed by atoms with Crippen LogP contribution < -0.4 is 0 Å². The van der Waals surface area contributed by atoms with Crippen LogP contribution in [0.15, 0.2) is 34.8 Å². The Morgan fingerprint density at radius 1 is 1.47 bits per heavy atom. The molecule has 0 aliphatic carbocycles. The van der Waals surface area contributed by atoms with Crippen molar-refractivity contribution in [1.82, 2.24) is 0 Å². The van der Waals surface area contributed by atoms with Crippen LogP contribution in [0, 0.1) is 10.1 Å². The van der Waals surface area contributed by atoms with Crippen molar-refractivity contribution >= 4 is 29.1 Å². The molecule has 0 aliphatic heterocycles. The highest BCUT2D eigenvalue weighted by molar-refractivity contribution is 6.40. The third kappa shape index (κ3) is 2.46. The fourth-order valence-electron chi connectivity index (χ4n) is 1.07. The molecule has 0 heterocycles. The van der Waals surface area contributed by atoms with Gasteiger partial charge in [-0.1, -0.05) is 30.3 Å². The van der Waals surface area contributed by atoms with Gasteiger partial charge in [-0.15, -0.1) is 0 Å². The van der Waals surface area contributed by atoms with Crippen LogP contribution in [0.5, 0.6) is 0 Å². The lowest BCUT2D eigenvalue weighted by Gasteiger charge is -2.14. The molecule has 1 atom stereocenters. The SMILES string of the molecule is C[C@](Cl)(C(=NCl)c1ccccc1)[N+](=O)[O-]. The first-order chi connectivity index (χ1) is 7.00. The summed E-state index contributed by atoms with van der Waals surface area (Å²) in [4.78, 5) is 8.28. The number of hydrogen-bond donors (Lipinski definition) is 0. The fourth-order valence-corrected chi connectivity index (χ4v) is 1.53. The van der Waals surface area contributed by atoms with Crippen LogP contribution in [-0.2, 0) is 0 Å². The summed E-state index contributed by atoms with van der Waals surface area (Å²) in [5, 5.41) is 10.7. The molecule has 0 N–H and O–H groups in total. The molecule has 0 saturated heterocycles. The molecule has 0 bridgehead atoms. The van der Waals surface area contributed by atoms with E-state index < -0.39 is 9.92 Å². The third-order valence-corrected chi connectivity index (χ3v) is 2.39. The predicted molar refractivity (Wildman–Crippen MR) is 60.1 cm³/mol. The summed E-state index contributed by atoms with van der Waals surface area (Å²) in [6.07, 6.45) is 0. The molecular weight excluding hydrogens is 239 g/mol. The van der Waals surface area contributed by atoms with Gasteiger partial charge in [0, 0.05) is 29.2 Å². The summed E-state index contributed by atoms with van der Waals surface area (Å²) < 4.78 is 3.37. The van der Waals surface area contributed by atoms with E-state index in [1.165, 1.54) is 6.92 Å². The van der Waals surface area contributed by atoms with Gasteiger partial charge in [-0.2, -0.15) is 4.51 Å². The summed E-state index contributed by atoms with van der Waals surface area (Å²) in [7, 11) is 0. The number of hydrogen-bond acceptors (Lipinski definition) is 3. The summed E-state index contributed by atoms with van der Waals surface area (Å²) in [5.74, 6) is 0. The van der Waals surface area contributed by atoms with Crippen molar-refractivity contribution < 1.29 is 4.92 Å². The van der Waals surface area contributed by atoms with Crippen molar-refractivity contribution in [2.75, 3.05) is 0 Å². The molecule has 1 aromatic rings. The van der Waals surface area contributed by atoms with E-state index in [-0.39, 0.29) is 5.71 Å². The van der Waals surface area contributed by atoms with Gasteiger partial charge in [-0.05, 0) is 11.6 Å². The highest BCUT2D eigenvalue weighted by atomic mass is 35.5. The van der Waals surface area contributed by atoms with Crippen LogP contribution in [0.3, 0.4) is 0 Å². The first-order valence-corrected chi connectivity index (χ1v) is 4.80. The second-order valence-corrected chi connectivity index (χ2v) is 3.91. The van der Waals surface area contributed by atoms with Crippen LogP contribution in [-0.4, -0.2) is 15.6 Å². The molecule has 0 amide bonds. The Bertz CT molecular complexity index is 390. The van der Waals surface area contributed by atoms with Crippen LogP contribution in [0.4, 0.5) is 0 Å². The smallest absolute Gasteiger partial charge is 0.262 e. The minimum Gasteiger partial charge on any atom is -0.262 e. The van der Waals surface area contributed by atoms with Crippen LogP contribution in [0.2, 0.25) is 0 Å². The Morgan fingerprint density at radius 3 is 2.40 bits per heavy atom. The average Bonchev–Trinajstić information content (AvgIpc) is 2.19. The molecule has 15 heavy (non-hydrogen) atoms. The van der Waals surface area contributed by atoms with Gasteiger partial charge in [0.25, 0.3) is 0 Å². The number of benzene rings is 1. The second kappa shape index (κ2) is 4.59. The summed E-state index contributed by atoms with van der Waals surface area (Å²) in [5.41, 5.74) is 0.554. The van der Waals surface area contributed by atoms with Crippen LogP contribution in [0.25, 0.3) is 0 Å². The molecule has 0 spiro atoms. The summed E-state index contributed by atoms with van der Waals surface area (Å²) >= 11 is 11.1. The second-order valence-electron chi connectivity index (χ2n) is 3.01. The normalized spacial score (nSPS) is 15.8. The Balaban J connectivity index is 3.18. The number of halogens is 2. The van der Waals surface area contributed by atoms with Gasteiger partial charge < -0.3 is 0 Å². The summed E-state index contributed by atoms with van der Waals surface area (Å²) in [6.45, 7) is 1.24. The number of rotatable bonds is 3. The molecule has 0 fully saturated rings. The molecule has 0 unspecified atom stereocenters. The first kappa shape index (κ1) is 11.9. The lowest BCUT2D eigenvalue weighted by molar-refractivity contribution is -0.516. The zero-order chi connectivity index (χ0) is 11.5. The van der Waals surface area contributed by atoms with Gasteiger partial charge >= 0.3 is 5.00 Å². The molecule has 0 aromatic heterocycles. The van der Waals surface area contributed by atoms with E-state index in [0.29, 0.717) is 5.56 Å². The van der Waals surface area contributed by atoms with E-state index in [0.717, 1.165) is 0 Å². The van der Waals surface area contributed by atoms with E-state index in [9.17, 15) is 10.1 Å². The van der Waals surface area contributed by atoms with Crippen molar-refractivity contribution in [3.8, 4) is 0 Å². The maximum Gasteiger partial charge on any atom is 0.335 e. The molecule has 6 heteroatoms. The van der Waals surface area contributed by atoms with Crippen molar-refractivity contribution in [2.24, 2.45) is 4.51 Å². The minimum atomic E-state index is -1.82. The highest BCUT2D eigenvalue weighted by Gasteiger charge is 2.41. The quantitative estimate of drug-likeness (QED) is 0.271. The topological polar surface area (TPSA) is 55.5 Å². The van der Waals surface area contributed by atoms with Crippen LogP contribution >= 0.6 is 23.4 Å². The van der Waals surface area contributed by atoms with Gasteiger partial charge in [0.15, 0.2) is 5.71 Å². The Labute approximate surface area is 96.8 Å². The van der Waals surface area contributed by atoms with Crippen molar-refractivity contribution in [3.63, 3.8) is 0 Å². The molecular formula is C9H8Cl2N2O2. The molecule has 4 nitrogen and oxygen atoms in total. The monoisotopic (exact) mass is 246 g/mol. The van der Waals surface area contributed by atoms with Gasteiger partial charge in [0.2, 0.25) is 0 Å². The molecule has 1 rings (SSSR count). The maximum absolute atomic E-state index is 10.7. The van der Waals surface area contributed by atoms with Crippen molar-refractivity contribution in [2.45, 2.75) is 11.9 Å². The van der Waals surface area contributed by atoms with Gasteiger partial charge in [0.1, 0.15) is 0 Å². The first-order valence-electron chi connectivity index (χ1n) is 4.08. The Kier molecular flexibility index (Phi) is 3.66. The van der Waals surface area contributed by atoms with E-state index in [1.807, 2.05) is 0 Å². The average molecular weight is 247 g/mol. The van der Waals surface area contributed by atoms with E-state index in [2.05, 4.69) is 4.51 Å². The predicted octanol–water partition coefficient (Wildman–Crippen LogP) is 2.86. The molecule has 1 aromatic carbocycles. The third-order valence-electron chi connectivity index (χ3n) is 1.91. The number of nitrogens with zero attached hydrogens (tertiary/aromatic N) is 2. The zero-order valence-electron chi connectivity index (χ0n) is 7.85. The molecule has 0 radical (unpaired) electrons. The lowest BCUT2D eigenvalue weighted by atomic mass is 10.0. The largest absolute Gasteiger partial charge is 0.335 e. The van der Waals surface area contributed by atoms with Gasteiger partial charge in [-0.25, -0.2) is 0 Å². The number of alkyl halides is 1. The van der Waals surface area contributed by atoms with E-state index in [1.54, 1.807) is 30.3 Å². The molecule has 0 saturated carbocycles.